The summed E-state index contributed by atoms with van der Waals surface area (Å²) in [7, 11) is -4.03. The molecule has 1 aromatic carbocycles. The molecule has 1 atom stereocenters. The molecule has 162 valence electrons. The van der Waals surface area contributed by atoms with Gasteiger partial charge in [0, 0.05) is 0 Å². The Morgan fingerprint density at radius 3 is 1.93 bits per heavy atom. The number of rotatable bonds is 16. The lowest BCUT2D eigenvalue weighted by Gasteiger charge is -2.16. The van der Waals surface area contributed by atoms with Gasteiger partial charge >= 0.3 is 0 Å². The topological polar surface area (TPSA) is 63.6 Å². The third-order valence-corrected chi connectivity index (χ3v) is 5.95. The van der Waals surface area contributed by atoms with Crippen molar-refractivity contribution in [1.82, 2.24) is 0 Å². The predicted molar refractivity (Wildman–Crippen MR) is 118 cm³/mol. The van der Waals surface area contributed by atoms with Crippen molar-refractivity contribution >= 4 is 10.1 Å². The fourth-order valence-corrected chi connectivity index (χ4v) is 4.21. The van der Waals surface area contributed by atoms with E-state index in [0.717, 1.165) is 12.8 Å². The molecule has 5 heteroatoms. The predicted octanol–water partition coefficient (Wildman–Crippen LogP) is 6.37. The quantitative estimate of drug-likeness (QED) is 0.253. The first-order chi connectivity index (χ1) is 13.4. The molecule has 0 aliphatic rings. The Kier molecular flexibility index (Phi) is 12.5. The fraction of sp³-hybridized carbons (Fsp3) is 0.739. The van der Waals surface area contributed by atoms with E-state index in [1.807, 2.05) is 6.07 Å². The average Bonchev–Trinajstić information content (AvgIpc) is 2.61. The highest BCUT2D eigenvalue weighted by atomic mass is 32.2. The summed E-state index contributed by atoms with van der Waals surface area (Å²) in [5, 5.41) is 0. The molecule has 0 spiro atoms. The second-order valence-corrected chi connectivity index (χ2v) is 9.43. The van der Waals surface area contributed by atoms with Crippen LogP contribution in [0.4, 0.5) is 0 Å². The van der Waals surface area contributed by atoms with Crippen LogP contribution in [0.2, 0.25) is 0 Å². The van der Waals surface area contributed by atoms with Crippen molar-refractivity contribution in [3.8, 4) is 5.75 Å². The summed E-state index contributed by atoms with van der Waals surface area (Å²) in [5.41, 5.74) is 2.71. The summed E-state index contributed by atoms with van der Waals surface area (Å²) in [4.78, 5) is 0. The molecule has 0 bridgehead atoms. The Morgan fingerprint density at radius 1 is 0.857 bits per heavy atom. The average molecular weight is 413 g/mol. The third-order valence-electron chi connectivity index (χ3n) is 5.06. The van der Waals surface area contributed by atoms with E-state index >= 15 is 0 Å². The molecule has 1 aromatic rings. The smallest absolute Gasteiger partial charge is 0.268 e. The van der Waals surface area contributed by atoms with Crippen LogP contribution in [0.15, 0.2) is 18.2 Å². The maximum absolute atomic E-state index is 11.0. The van der Waals surface area contributed by atoms with E-state index < -0.39 is 22.0 Å². The van der Waals surface area contributed by atoms with Crippen LogP contribution in [0.25, 0.3) is 0 Å². The van der Waals surface area contributed by atoms with Crippen LogP contribution in [-0.2, 0) is 23.0 Å². The minimum atomic E-state index is -4.03. The fourth-order valence-electron chi connectivity index (χ4n) is 3.55. The second-order valence-electron chi connectivity index (χ2n) is 7.94. The van der Waals surface area contributed by atoms with Crippen LogP contribution >= 0.6 is 0 Å². The molecule has 4 nitrogen and oxygen atoms in total. The van der Waals surface area contributed by atoms with Gasteiger partial charge in [-0.25, -0.2) is 0 Å². The zero-order valence-electron chi connectivity index (χ0n) is 18.1. The van der Waals surface area contributed by atoms with Gasteiger partial charge in [-0.2, -0.15) is 8.42 Å². The van der Waals surface area contributed by atoms with Crippen molar-refractivity contribution in [1.29, 1.82) is 0 Å². The molecule has 0 aromatic heterocycles. The normalized spacial score (nSPS) is 12.9. The SMILES string of the molecule is CCCCCCCc1ccc(OC(C)CS(=O)(=O)O)cc1CCCCCCC. The summed E-state index contributed by atoms with van der Waals surface area (Å²) in [6, 6.07) is 6.14. The van der Waals surface area contributed by atoms with E-state index in [-0.39, 0.29) is 0 Å². The van der Waals surface area contributed by atoms with Crippen LogP contribution in [0.1, 0.15) is 96.1 Å². The number of hydrogen-bond donors (Lipinski definition) is 1. The van der Waals surface area contributed by atoms with Gasteiger partial charge in [0.25, 0.3) is 10.1 Å². The van der Waals surface area contributed by atoms with E-state index in [4.69, 9.17) is 9.29 Å². The molecule has 1 unspecified atom stereocenters. The molecule has 0 aliphatic heterocycles. The van der Waals surface area contributed by atoms with E-state index in [0.29, 0.717) is 5.75 Å². The first kappa shape index (κ1) is 25.0. The molecule has 1 N–H and O–H groups in total. The second kappa shape index (κ2) is 14.0. The number of aryl methyl sites for hydroxylation is 2. The molecular weight excluding hydrogens is 372 g/mol. The largest absolute Gasteiger partial charge is 0.490 e. The van der Waals surface area contributed by atoms with Gasteiger partial charge in [-0.3, -0.25) is 4.55 Å². The van der Waals surface area contributed by atoms with Crippen LogP contribution in [0.5, 0.6) is 5.75 Å². The summed E-state index contributed by atoms with van der Waals surface area (Å²) in [6.45, 7) is 6.13. The van der Waals surface area contributed by atoms with Gasteiger partial charge in [0.05, 0.1) is 0 Å². The number of ether oxygens (including phenoxy) is 1. The zero-order chi connectivity index (χ0) is 20.8. The first-order valence-electron chi connectivity index (χ1n) is 11.1. The minimum absolute atomic E-state index is 0.390. The van der Waals surface area contributed by atoms with Crippen molar-refractivity contribution in [2.75, 3.05) is 5.75 Å². The lowest BCUT2D eigenvalue weighted by molar-refractivity contribution is 0.241. The maximum atomic E-state index is 11.0. The van der Waals surface area contributed by atoms with Crippen molar-refractivity contribution in [2.45, 2.75) is 104 Å². The highest BCUT2D eigenvalue weighted by Crippen LogP contribution is 2.23. The van der Waals surface area contributed by atoms with Crippen molar-refractivity contribution in [3.05, 3.63) is 29.3 Å². The van der Waals surface area contributed by atoms with Gasteiger partial charge in [0.1, 0.15) is 17.6 Å². The molecule has 0 aliphatic carbocycles. The molecule has 0 saturated carbocycles. The Balaban J connectivity index is 2.71. The van der Waals surface area contributed by atoms with Crippen LogP contribution in [-0.4, -0.2) is 24.8 Å². The Hall–Kier alpha value is -1.07. The summed E-state index contributed by atoms with van der Waals surface area (Å²) >= 11 is 0. The van der Waals surface area contributed by atoms with Crippen molar-refractivity contribution in [2.24, 2.45) is 0 Å². The number of unbranched alkanes of at least 4 members (excludes halogenated alkanes) is 8. The first-order valence-corrected chi connectivity index (χ1v) is 12.7. The standard InChI is InChI=1S/C23H40O4S/c1-4-6-8-10-12-14-21-16-17-23(27-20(3)19-28(24,25)26)18-22(21)15-13-11-9-7-5-2/h16-18,20H,4-15,19H2,1-3H3,(H,24,25,26). The molecule has 0 saturated heterocycles. The molecule has 0 amide bonds. The minimum Gasteiger partial charge on any atom is -0.490 e. The lowest BCUT2D eigenvalue weighted by atomic mass is 9.96. The Morgan fingerprint density at radius 2 is 1.39 bits per heavy atom. The van der Waals surface area contributed by atoms with Gasteiger partial charge in [-0.1, -0.05) is 71.3 Å². The molecule has 0 heterocycles. The van der Waals surface area contributed by atoms with E-state index in [1.54, 1.807) is 6.92 Å². The van der Waals surface area contributed by atoms with Gasteiger partial charge in [0.2, 0.25) is 0 Å². The zero-order valence-corrected chi connectivity index (χ0v) is 18.9. The van der Waals surface area contributed by atoms with E-state index in [9.17, 15) is 8.42 Å². The third kappa shape index (κ3) is 11.7. The van der Waals surface area contributed by atoms with Crippen molar-refractivity contribution < 1.29 is 17.7 Å². The van der Waals surface area contributed by atoms with Crippen LogP contribution < -0.4 is 4.74 Å². The summed E-state index contributed by atoms with van der Waals surface area (Å²) < 4.78 is 36.9. The summed E-state index contributed by atoms with van der Waals surface area (Å²) in [6.07, 6.45) is 14.1. The highest BCUT2D eigenvalue weighted by molar-refractivity contribution is 7.85. The maximum Gasteiger partial charge on any atom is 0.268 e. The van der Waals surface area contributed by atoms with Crippen LogP contribution in [0, 0.1) is 0 Å². The van der Waals surface area contributed by atoms with Gasteiger partial charge in [0.15, 0.2) is 0 Å². The number of benzene rings is 1. The van der Waals surface area contributed by atoms with Gasteiger partial charge in [-0.15, -0.1) is 0 Å². The van der Waals surface area contributed by atoms with Gasteiger partial charge in [-0.05, 0) is 55.9 Å². The van der Waals surface area contributed by atoms with Crippen LogP contribution in [0.3, 0.4) is 0 Å². The highest BCUT2D eigenvalue weighted by Gasteiger charge is 2.14. The molecule has 28 heavy (non-hydrogen) atoms. The molecular formula is C23H40O4S. The van der Waals surface area contributed by atoms with Crippen molar-refractivity contribution in [3.63, 3.8) is 0 Å². The molecule has 0 fully saturated rings. The molecule has 0 radical (unpaired) electrons. The Labute approximate surface area is 172 Å². The molecule has 1 rings (SSSR count). The number of hydrogen-bond acceptors (Lipinski definition) is 3. The van der Waals surface area contributed by atoms with Gasteiger partial charge < -0.3 is 4.74 Å². The Bertz CT molecular complexity index is 640. The lowest BCUT2D eigenvalue weighted by Crippen LogP contribution is -2.23. The summed E-state index contributed by atoms with van der Waals surface area (Å²) in [5.74, 6) is 0.299. The monoisotopic (exact) mass is 412 g/mol. The van der Waals surface area contributed by atoms with E-state index in [1.165, 1.54) is 75.3 Å². The van der Waals surface area contributed by atoms with E-state index in [2.05, 4.69) is 26.0 Å².